The summed E-state index contributed by atoms with van der Waals surface area (Å²) >= 11 is 6.00. The van der Waals surface area contributed by atoms with Crippen LogP contribution in [-0.4, -0.2) is 8.42 Å². The summed E-state index contributed by atoms with van der Waals surface area (Å²) in [7, 11) is -3.58. The lowest BCUT2D eigenvalue weighted by Crippen LogP contribution is -2.10. The second-order valence-electron chi connectivity index (χ2n) is 4.79. The largest absolute Gasteiger partial charge is 0.398 e. The summed E-state index contributed by atoms with van der Waals surface area (Å²) in [6.45, 7) is 3.79. The van der Waals surface area contributed by atoms with Crippen LogP contribution in [0.1, 0.15) is 16.7 Å². The summed E-state index contributed by atoms with van der Waals surface area (Å²) in [6, 6.07) is 10.4. The Kier molecular flexibility index (Phi) is 4.06. The number of anilines is 1. The van der Waals surface area contributed by atoms with Crippen molar-refractivity contribution in [2.24, 2.45) is 0 Å². The van der Waals surface area contributed by atoms with E-state index in [1.807, 2.05) is 32.0 Å². The Morgan fingerprint density at radius 2 is 1.60 bits per heavy atom. The lowest BCUT2D eigenvalue weighted by molar-refractivity contribution is 0.595. The van der Waals surface area contributed by atoms with Gasteiger partial charge in [0.1, 0.15) is 4.90 Å². The molecule has 2 aromatic carbocycles. The molecular formula is C15H16ClNO2S. The van der Waals surface area contributed by atoms with Gasteiger partial charge in [0.05, 0.1) is 16.5 Å². The molecule has 0 amide bonds. The van der Waals surface area contributed by atoms with E-state index in [0.29, 0.717) is 0 Å². The van der Waals surface area contributed by atoms with E-state index in [2.05, 4.69) is 0 Å². The van der Waals surface area contributed by atoms with Crippen LogP contribution in [0.15, 0.2) is 41.3 Å². The van der Waals surface area contributed by atoms with Gasteiger partial charge >= 0.3 is 0 Å². The molecule has 106 valence electrons. The van der Waals surface area contributed by atoms with Crippen LogP contribution in [0, 0.1) is 13.8 Å². The minimum Gasteiger partial charge on any atom is -0.398 e. The van der Waals surface area contributed by atoms with Gasteiger partial charge in [0.15, 0.2) is 9.84 Å². The van der Waals surface area contributed by atoms with Crippen LogP contribution in [0.5, 0.6) is 0 Å². The molecule has 0 aliphatic rings. The monoisotopic (exact) mass is 309 g/mol. The number of hydrogen-bond donors (Lipinski definition) is 1. The Morgan fingerprint density at radius 3 is 2.15 bits per heavy atom. The fraction of sp³-hybridized carbons (Fsp3) is 0.200. The second-order valence-corrected chi connectivity index (χ2v) is 7.12. The molecule has 2 rings (SSSR count). The van der Waals surface area contributed by atoms with Crippen molar-refractivity contribution in [2.75, 3.05) is 5.73 Å². The molecule has 0 fully saturated rings. The predicted molar refractivity (Wildman–Crippen MR) is 82.7 cm³/mol. The van der Waals surface area contributed by atoms with Gasteiger partial charge in [-0.3, -0.25) is 0 Å². The van der Waals surface area contributed by atoms with Crippen LogP contribution in [0.25, 0.3) is 0 Å². The smallest absolute Gasteiger partial charge is 0.186 e. The number of nitrogen functional groups attached to an aromatic ring is 1. The van der Waals surface area contributed by atoms with Crippen molar-refractivity contribution in [1.29, 1.82) is 0 Å². The highest BCUT2D eigenvalue weighted by atomic mass is 35.5. The van der Waals surface area contributed by atoms with Gasteiger partial charge < -0.3 is 5.73 Å². The number of benzene rings is 2. The number of nitrogens with two attached hydrogens (primary N) is 1. The molecule has 0 saturated heterocycles. The van der Waals surface area contributed by atoms with Crippen molar-refractivity contribution in [1.82, 2.24) is 0 Å². The van der Waals surface area contributed by atoms with Crippen molar-refractivity contribution in [3.8, 4) is 0 Å². The van der Waals surface area contributed by atoms with Crippen molar-refractivity contribution >= 4 is 27.1 Å². The molecule has 0 unspecified atom stereocenters. The summed E-state index contributed by atoms with van der Waals surface area (Å²) in [5, 5.41) is 0.163. The molecule has 0 spiro atoms. The number of halogens is 1. The SMILES string of the molecule is Cc1cccc(C)c1CS(=O)(=O)c1c(N)cccc1Cl. The maximum absolute atomic E-state index is 12.6. The molecule has 0 aliphatic carbocycles. The number of hydrogen-bond acceptors (Lipinski definition) is 3. The minimum absolute atomic E-state index is 0.0179. The zero-order valence-electron chi connectivity index (χ0n) is 11.4. The van der Waals surface area contributed by atoms with Crippen LogP contribution >= 0.6 is 11.6 Å². The lowest BCUT2D eigenvalue weighted by atomic mass is 10.1. The normalized spacial score (nSPS) is 11.6. The van der Waals surface area contributed by atoms with Crippen LogP contribution < -0.4 is 5.73 Å². The minimum atomic E-state index is -3.58. The first-order chi connectivity index (χ1) is 9.33. The van der Waals surface area contributed by atoms with Crippen LogP contribution in [0.4, 0.5) is 5.69 Å². The molecule has 3 nitrogen and oxygen atoms in total. The molecule has 0 radical (unpaired) electrons. The molecule has 0 atom stereocenters. The molecular weight excluding hydrogens is 294 g/mol. The fourth-order valence-corrected chi connectivity index (χ4v) is 4.50. The Balaban J connectivity index is 2.53. The Hall–Kier alpha value is -1.52. The van der Waals surface area contributed by atoms with Gasteiger partial charge in [0.25, 0.3) is 0 Å². The average molecular weight is 310 g/mol. The fourth-order valence-electron chi connectivity index (χ4n) is 2.19. The van der Waals surface area contributed by atoms with Crippen LogP contribution in [0.3, 0.4) is 0 Å². The zero-order chi connectivity index (χ0) is 14.9. The topological polar surface area (TPSA) is 60.2 Å². The quantitative estimate of drug-likeness (QED) is 0.883. The van der Waals surface area contributed by atoms with Crippen molar-refractivity contribution in [2.45, 2.75) is 24.5 Å². The molecule has 20 heavy (non-hydrogen) atoms. The molecule has 0 aliphatic heterocycles. The molecule has 0 saturated carbocycles. The standard InChI is InChI=1S/C15H16ClNO2S/c1-10-5-3-6-11(2)12(10)9-20(18,19)15-13(16)7-4-8-14(15)17/h3-8H,9,17H2,1-2H3. The second kappa shape index (κ2) is 5.46. The summed E-state index contributed by atoms with van der Waals surface area (Å²) in [6.07, 6.45) is 0. The van der Waals surface area contributed by atoms with E-state index in [4.69, 9.17) is 17.3 Å². The van der Waals surface area contributed by atoms with Crippen molar-refractivity contribution in [3.63, 3.8) is 0 Å². The molecule has 2 aromatic rings. The lowest BCUT2D eigenvalue weighted by Gasteiger charge is -2.13. The van der Waals surface area contributed by atoms with Crippen molar-refractivity contribution < 1.29 is 8.42 Å². The third-order valence-corrected chi connectivity index (χ3v) is 5.46. The maximum Gasteiger partial charge on any atom is 0.186 e. The summed E-state index contributed by atoms with van der Waals surface area (Å²) < 4.78 is 25.2. The first-order valence-corrected chi connectivity index (χ1v) is 8.18. The van der Waals surface area contributed by atoms with E-state index >= 15 is 0 Å². The van der Waals surface area contributed by atoms with E-state index in [0.717, 1.165) is 16.7 Å². The third-order valence-electron chi connectivity index (χ3n) is 3.29. The van der Waals surface area contributed by atoms with Gasteiger partial charge in [-0.15, -0.1) is 0 Å². The molecule has 2 N–H and O–H groups in total. The van der Waals surface area contributed by atoms with Crippen molar-refractivity contribution in [3.05, 3.63) is 58.1 Å². The molecule has 0 bridgehead atoms. The first-order valence-electron chi connectivity index (χ1n) is 6.15. The number of sulfone groups is 1. The van der Waals surface area contributed by atoms with E-state index < -0.39 is 9.84 Å². The average Bonchev–Trinajstić information content (AvgIpc) is 2.33. The predicted octanol–water partition coefficient (Wildman–Crippen LogP) is 3.51. The van der Waals surface area contributed by atoms with E-state index in [1.54, 1.807) is 12.1 Å². The van der Waals surface area contributed by atoms with Gasteiger partial charge in [-0.05, 0) is 42.7 Å². The van der Waals surface area contributed by atoms with E-state index in [-0.39, 0.29) is 21.4 Å². The van der Waals surface area contributed by atoms with Gasteiger partial charge in [0.2, 0.25) is 0 Å². The van der Waals surface area contributed by atoms with Gasteiger partial charge in [0, 0.05) is 0 Å². The summed E-state index contributed by atoms with van der Waals surface area (Å²) in [5.74, 6) is -0.0978. The van der Waals surface area contributed by atoms with Gasteiger partial charge in [-0.25, -0.2) is 8.42 Å². The Morgan fingerprint density at radius 1 is 1.05 bits per heavy atom. The third kappa shape index (κ3) is 2.81. The van der Waals surface area contributed by atoms with Gasteiger partial charge in [-0.1, -0.05) is 35.9 Å². The van der Waals surface area contributed by atoms with E-state index in [9.17, 15) is 8.42 Å². The van der Waals surface area contributed by atoms with Crippen LogP contribution in [0.2, 0.25) is 5.02 Å². The molecule has 0 heterocycles. The number of aryl methyl sites for hydroxylation is 2. The first kappa shape index (κ1) is 14.9. The summed E-state index contributed by atoms with van der Waals surface area (Å²) in [4.78, 5) is 0.0179. The van der Waals surface area contributed by atoms with E-state index in [1.165, 1.54) is 6.07 Å². The summed E-state index contributed by atoms with van der Waals surface area (Å²) in [5.41, 5.74) is 8.64. The van der Waals surface area contributed by atoms with Crippen LogP contribution in [-0.2, 0) is 15.6 Å². The zero-order valence-corrected chi connectivity index (χ0v) is 12.9. The molecule has 5 heteroatoms. The highest BCUT2D eigenvalue weighted by Gasteiger charge is 2.23. The highest BCUT2D eigenvalue weighted by molar-refractivity contribution is 7.91. The maximum atomic E-state index is 12.6. The highest BCUT2D eigenvalue weighted by Crippen LogP contribution is 2.31. The Bertz CT molecular complexity index is 714. The molecule has 0 aromatic heterocycles. The van der Waals surface area contributed by atoms with Gasteiger partial charge in [-0.2, -0.15) is 0 Å². The number of rotatable bonds is 3. The Labute approximate surface area is 124 Å².